The molecule has 0 amide bonds. The van der Waals surface area contributed by atoms with Gasteiger partial charge in [-0.15, -0.1) is 5.10 Å². The van der Waals surface area contributed by atoms with E-state index in [0.29, 0.717) is 0 Å². The lowest BCUT2D eigenvalue weighted by Crippen LogP contribution is -2.19. The summed E-state index contributed by atoms with van der Waals surface area (Å²) in [6.45, 7) is 1.82. The van der Waals surface area contributed by atoms with Crippen molar-refractivity contribution >= 4 is 17.3 Å². The molecule has 0 radical (unpaired) electrons. The molecule has 0 saturated heterocycles. The molecule has 2 aromatic carbocycles. The molecule has 2 heterocycles. The van der Waals surface area contributed by atoms with Gasteiger partial charge in [0.25, 0.3) is 0 Å². The quantitative estimate of drug-likeness (QED) is 0.742. The second-order valence-electron chi connectivity index (χ2n) is 5.43. The van der Waals surface area contributed by atoms with Crippen molar-refractivity contribution in [1.82, 2.24) is 15.0 Å². The Bertz CT molecular complexity index is 794. The van der Waals surface area contributed by atoms with Crippen molar-refractivity contribution in [3.63, 3.8) is 0 Å². The van der Waals surface area contributed by atoms with E-state index < -0.39 is 0 Å². The maximum atomic E-state index is 5.91. The summed E-state index contributed by atoms with van der Waals surface area (Å²) in [6, 6.07) is 16.1. The number of anilines is 1. The second-order valence-corrected chi connectivity index (χ2v) is 5.87. The van der Waals surface area contributed by atoms with Crippen LogP contribution >= 0.6 is 11.6 Å². The summed E-state index contributed by atoms with van der Waals surface area (Å²) in [5.74, 6) is 0. The zero-order chi connectivity index (χ0) is 14.9. The van der Waals surface area contributed by atoms with Gasteiger partial charge in [-0.3, -0.25) is 0 Å². The highest BCUT2D eigenvalue weighted by Gasteiger charge is 2.19. The van der Waals surface area contributed by atoms with Gasteiger partial charge in [-0.1, -0.05) is 35.0 Å². The van der Waals surface area contributed by atoms with Crippen LogP contribution in [0.4, 0.5) is 5.69 Å². The molecule has 4 rings (SSSR count). The number of aromatic nitrogens is 3. The molecule has 1 aliphatic rings. The number of halogens is 1. The van der Waals surface area contributed by atoms with Crippen molar-refractivity contribution in [2.24, 2.45) is 0 Å². The topological polar surface area (TPSA) is 34.0 Å². The maximum absolute atomic E-state index is 5.91. The van der Waals surface area contributed by atoms with E-state index in [2.05, 4.69) is 39.5 Å². The molecular formula is C17H15ClN4. The molecule has 3 aromatic rings. The largest absolute Gasteiger partial charge is 0.365 e. The third-order valence-electron chi connectivity index (χ3n) is 3.97. The van der Waals surface area contributed by atoms with Gasteiger partial charge >= 0.3 is 0 Å². The van der Waals surface area contributed by atoms with E-state index in [-0.39, 0.29) is 0 Å². The molecule has 0 fully saturated rings. The first kappa shape index (κ1) is 13.3. The van der Waals surface area contributed by atoms with Crippen LogP contribution in [0.15, 0.2) is 54.7 Å². The number of para-hydroxylation sites is 1. The zero-order valence-electron chi connectivity index (χ0n) is 12.0. The monoisotopic (exact) mass is 310 g/mol. The summed E-state index contributed by atoms with van der Waals surface area (Å²) < 4.78 is 1.79. The Morgan fingerprint density at radius 3 is 2.73 bits per heavy atom. The molecule has 1 aromatic heterocycles. The van der Waals surface area contributed by atoms with E-state index in [1.54, 1.807) is 4.68 Å². The van der Waals surface area contributed by atoms with Gasteiger partial charge in [0.15, 0.2) is 0 Å². The molecule has 0 spiro atoms. The average Bonchev–Trinajstić information content (AvgIpc) is 3.16. The van der Waals surface area contributed by atoms with Crippen LogP contribution in [0.5, 0.6) is 0 Å². The van der Waals surface area contributed by atoms with Crippen LogP contribution in [-0.2, 0) is 13.0 Å². The number of benzene rings is 2. The Balaban J connectivity index is 1.54. The van der Waals surface area contributed by atoms with Crippen LogP contribution in [0.3, 0.4) is 0 Å². The fourth-order valence-electron chi connectivity index (χ4n) is 2.86. The Morgan fingerprint density at radius 2 is 1.86 bits per heavy atom. The van der Waals surface area contributed by atoms with E-state index in [1.165, 1.54) is 11.3 Å². The normalized spacial score (nSPS) is 13.4. The van der Waals surface area contributed by atoms with Crippen LogP contribution in [0.25, 0.3) is 5.69 Å². The SMILES string of the molecule is Clc1ccc(-n2cc(CN3CCc4ccccc43)nn2)cc1. The van der Waals surface area contributed by atoms with Crippen molar-refractivity contribution in [1.29, 1.82) is 0 Å². The molecule has 0 aliphatic carbocycles. The van der Waals surface area contributed by atoms with Gasteiger partial charge < -0.3 is 4.90 Å². The molecule has 110 valence electrons. The van der Waals surface area contributed by atoms with Crippen molar-refractivity contribution in [2.45, 2.75) is 13.0 Å². The van der Waals surface area contributed by atoms with Crippen LogP contribution in [0.1, 0.15) is 11.3 Å². The minimum absolute atomic E-state index is 0.720. The van der Waals surface area contributed by atoms with Gasteiger partial charge in [0.2, 0.25) is 0 Å². The fourth-order valence-corrected chi connectivity index (χ4v) is 2.98. The number of nitrogens with zero attached hydrogens (tertiary/aromatic N) is 4. The standard InChI is InChI=1S/C17H15ClN4/c18-14-5-7-16(8-6-14)22-12-15(19-20-22)11-21-10-9-13-3-1-2-4-17(13)21/h1-8,12H,9-11H2. The first-order valence-electron chi connectivity index (χ1n) is 7.29. The molecule has 22 heavy (non-hydrogen) atoms. The Kier molecular flexibility index (Phi) is 3.31. The van der Waals surface area contributed by atoms with E-state index in [1.807, 2.05) is 30.5 Å². The first-order chi connectivity index (χ1) is 10.8. The average molecular weight is 311 g/mol. The highest BCUT2D eigenvalue weighted by molar-refractivity contribution is 6.30. The zero-order valence-corrected chi connectivity index (χ0v) is 12.7. The Hall–Kier alpha value is -2.33. The first-order valence-corrected chi connectivity index (χ1v) is 7.67. The molecule has 0 atom stereocenters. The van der Waals surface area contributed by atoms with Crippen LogP contribution in [0.2, 0.25) is 5.02 Å². The van der Waals surface area contributed by atoms with E-state index in [0.717, 1.165) is 35.9 Å². The molecule has 0 N–H and O–H groups in total. The summed E-state index contributed by atoms with van der Waals surface area (Å²) >= 11 is 5.91. The number of hydrogen-bond acceptors (Lipinski definition) is 3. The smallest absolute Gasteiger partial charge is 0.102 e. The fraction of sp³-hybridized carbons (Fsp3) is 0.176. The number of fused-ring (bicyclic) bond motifs is 1. The molecule has 4 nitrogen and oxygen atoms in total. The number of hydrogen-bond donors (Lipinski definition) is 0. The van der Waals surface area contributed by atoms with Crippen LogP contribution < -0.4 is 4.90 Å². The molecule has 0 saturated carbocycles. The third kappa shape index (κ3) is 2.46. The summed E-state index contributed by atoms with van der Waals surface area (Å²) in [5, 5.41) is 9.22. The highest BCUT2D eigenvalue weighted by Crippen LogP contribution is 2.28. The molecule has 0 bridgehead atoms. The van der Waals surface area contributed by atoms with Crippen molar-refractivity contribution in [3.05, 3.63) is 71.0 Å². The summed E-state index contributed by atoms with van der Waals surface area (Å²) in [6.07, 6.45) is 3.08. The van der Waals surface area contributed by atoms with E-state index in [4.69, 9.17) is 11.6 Å². The maximum Gasteiger partial charge on any atom is 0.102 e. The second kappa shape index (κ2) is 5.46. The molecular weight excluding hydrogens is 296 g/mol. The van der Waals surface area contributed by atoms with Gasteiger partial charge in [0.05, 0.1) is 18.4 Å². The Labute approximate surface area is 133 Å². The lowest BCUT2D eigenvalue weighted by molar-refractivity contribution is 0.781. The van der Waals surface area contributed by atoms with Crippen LogP contribution in [0, 0.1) is 0 Å². The highest BCUT2D eigenvalue weighted by atomic mass is 35.5. The Morgan fingerprint density at radius 1 is 1.05 bits per heavy atom. The van der Waals surface area contributed by atoms with Crippen molar-refractivity contribution in [2.75, 3.05) is 11.4 Å². The lowest BCUT2D eigenvalue weighted by Gasteiger charge is -2.17. The summed E-state index contributed by atoms with van der Waals surface area (Å²) in [5.41, 5.74) is 4.65. The number of rotatable bonds is 3. The molecule has 1 aliphatic heterocycles. The van der Waals surface area contributed by atoms with Crippen molar-refractivity contribution in [3.8, 4) is 5.69 Å². The molecule has 5 heteroatoms. The lowest BCUT2D eigenvalue weighted by atomic mass is 10.2. The van der Waals surface area contributed by atoms with E-state index in [9.17, 15) is 0 Å². The van der Waals surface area contributed by atoms with Crippen LogP contribution in [-0.4, -0.2) is 21.5 Å². The van der Waals surface area contributed by atoms with Crippen molar-refractivity contribution < 1.29 is 0 Å². The van der Waals surface area contributed by atoms with E-state index >= 15 is 0 Å². The summed E-state index contributed by atoms with van der Waals surface area (Å²) in [7, 11) is 0. The van der Waals surface area contributed by atoms with Gasteiger partial charge in [-0.05, 0) is 42.3 Å². The molecule has 0 unspecified atom stereocenters. The third-order valence-corrected chi connectivity index (χ3v) is 4.22. The predicted molar refractivity (Wildman–Crippen MR) is 87.6 cm³/mol. The summed E-state index contributed by atoms with van der Waals surface area (Å²) in [4.78, 5) is 2.35. The van der Waals surface area contributed by atoms with Gasteiger partial charge in [-0.2, -0.15) is 0 Å². The minimum Gasteiger partial charge on any atom is -0.365 e. The van der Waals surface area contributed by atoms with Gasteiger partial charge in [-0.25, -0.2) is 4.68 Å². The predicted octanol–water partition coefficient (Wildman–Crippen LogP) is 3.48. The van der Waals surface area contributed by atoms with Gasteiger partial charge in [0, 0.05) is 17.3 Å². The van der Waals surface area contributed by atoms with Gasteiger partial charge in [0.1, 0.15) is 5.69 Å². The minimum atomic E-state index is 0.720.